The first-order valence-electron chi connectivity index (χ1n) is 4.75. The molecule has 0 aliphatic rings. The second-order valence-corrected chi connectivity index (χ2v) is 6.71. The fraction of sp³-hybridized carbons (Fsp3) is 0.100. The minimum Gasteiger partial charge on any atom is -0.497 e. The van der Waals surface area contributed by atoms with Gasteiger partial charge in [0, 0.05) is 5.56 Å². The van der Waals surface area contributed by atoms with Crippen molar-refractivity contribution in [1.82, 2.24) is 4.98 Å². The zero-order valence-corrected chi connectivity index (χ0v) is 11.6. The van der Waals surface area contributed by atoms with E-state index >= 15 is 0 Å². The average Bonchev–Trinajstić information content (AvgIpc) is 2.71. The van der Waals surface area contributed by atoms with E-state index in [1.54, 1.807) is 31.4 Å². The summed E-state index contributed by atoms with van der Waals surface area (Å²) in [5.74, 6) is 0.691. The Bertz CT molecular complexity index is 665. The number of hydrogen-bond acceptors (Lipinski definition) is 5. The number of methoxy groups -OCH3 is 1. The predicted octanol–water partition coefficient (Wildman–Crippen LogP) is 2.12. The number of primary sulfonamides is 1. The Morgan fingerprint density at radius 3 is 2.39 bits per heavy atom. The Balaban J connectivity index is 2.47. The van der Waals surface area contributed by atoms with E-state index in [4.69, 9.17) is 21.5 Å². The molecule has 5 nitrogen and oxygen atoms in total. The summed E-state index contributed by atoms with van der Waals surface area (Å²) in [5.41, 5.74) is 1.10. The Kier molecular flexibility index (Phi) is 3.58. The molecule has 0 saturated carbocycles. The number of aromatic nitrogens is 1. The lowest BCUT2D eigenvalue weighted by molar-refractivity contribution is 0.415. The number of rotatable bonds is 3. The standard InChI is InChI=1S/C10H9ClN2O3S2/c1-16-7-4-2-6(3-5-7)8-9(11)17-10(13-8)18(12,14)15/h2-5H,1H3,(H2,12,14,15). The lowest BCUT2D eigenvalue weighted by Crippen LogP contribution is -2.11. The van der Waals surface area contributed by atoms with Crippen LogP contribution in [0.5, 0.6) is 5.75 Å². The smallest absolute Gasteiger partial charge is 0.265 e. The molecule has 0 aliphatic carbocycles. The van der Waals surface area contributed by atoms with E-state index in [9.17, 15) is 8.42 Å². The van der Waals surface area contributed by atoms with Gasteiger partial charge in [-0.15, -0.1) is 0 Å². The molecule has 0 saturated heterocycles. The summed E-state index contributed by atoms with van der Waals surface area (Å²) in [6.45, 7) is 0. The van der Waals surface area contributed by atoms with E-state index in [2.05, 4.69) is 4.98 Å². The lowest BCUT2D eigenvalue weighted by atomic mass is 10.2. The predicted molar refractivity (Wildman–Crippen MR) is 70.5 cm³/mol. The third kappa shape index (κ3) is 2.64. The molecule has 2 N–H and O–H groups in total. The molecule has 0 fully saturated rings. The van der Waals surface area contributed by atoms with Gasteiger partial charge in [-0.3, -0.25) is 0 Å². The van der Waals surface area contributed by atoms with Crippen molar-refractivity contribution >= 4 is 33.0 Å². The van der Waals surface area contributed by atoms with Crippen molar-refractivity contribution < 1.29 is 13.2 Å². The van der Waals surface area contributed by atoms with E-state index in [0.717, 1.165) is 11.3 Å². The van der Waals surface area contributed by atoms with Crippen LogP contribution in [-0.4, -0.2) is 20.5 Å². The molecule has 0 spiro atoms. The van der Waals surface area contributed by atoms with E-state index in [-0.39, 0.29) is 8.68 Å². The van der Waals surface area contributed by atoms with Gasteiger partial charge in [-0.2, -0.15) is 0 Å². The van der Waals surface area contributed by atoms with Crippen LogP contribution < -0.4 is 9.88 Å². The highest BCUT2D eigenvalue weighted by Gasteiger charge is 2.18. The fourth-order valence-corrected chi connectivity index (χ4v) is 3.32. The number of thiazole rings is 1. The normalized spacial score (nSPS) is 11.5. The van der Waals surface area contributed by atoms with Crippen LogP contribution in [0.1, 0.15) is 0 Å². The van der Waals surface area contributed by atoms with Gasteiger partial charge in [-0.25, -0.2) is 18.5 Å². The molecule has 18 heavy (non-hydrogen) atoms. The number of hydrogen-bond donors (Lipinski definition) is 1. The number of benzene rings is 1. The van der Waals surface area contributed by atoms with Crippen LogP contribution in [0.4, 0.5) is 0 Å². The largest absolute Gasteiger partial charge is 0.497 e. The summed E-state index contributed by atoms with van der Waals surface area (Å²) in [6.07, 6.45) is 0. The Hall–Kier alpha value is -1.15. The molecule has 1 aromatic heterocycles. The van der Waals surface area contributed by atoms with Gasteiger partial charge in [0.05, 0.1) is 7.11 Å². The lowest BCUT2D eigenvalue weighted by Gasteiger charge is -2.01. The second kappa shape index (κ2) is 4.85. The van der Waals surface area contributed by atoms with E-state index in [1.807, 2.05) is 0 Å². The third-order valence-electron chi connectivity index (χ3n) is 2.17. The Labute approximate surface area is 113 Å². The van der Waals surface area contributed by atoms with Gasteiger partial charge in [-0.05, 0) is 24.3 Å². The monoisotopic (exact) mass is 304 g/mol. The topological polar surface area (TPSA) is 82.3 Å². The molecule has 2 aromatic rings. The van der Waals surface area contributed by atoms with Crippen LogP contribution in [0.3, 0.4) is 0 Å². The summed E-state index contributed by atoms with van der Waals surface area (Å²) in [4.78, 5) is 3.94. The second-order valence-electron chi connectivity index (χ2n) is 3.38. The molecule has 2 rings (SSSR count). The van der Waals surface area contributed by atoms with Gasteiger partial charge in [-0.1, -0.05) is 22.9 Å². The Morgan fingerprint density at radius 2 is 1.94 bits per heavy atom. The van der Waals surface area contributed by atoms with Gasteiger partial charge in [0.15, 0.2) is 0 Å². The fourth-order valence-electron chi connectivity index (χ4n) is 1.33. The number of nitrogens with two attached hydrogens (primary N) is 1. The first kappa shape index (κ1) is 13.3. The maximum atomic E-state index is 11.2. The number of halogens is 1. The van der Waals surface area contributed by atoms with Gasteiger partial charge < -0.3 is 4.74 Å². The molecule has 96 valence electrons. The summed E-state index contributed by atoms with van der Waals surface area (Å²) >= 11 is 6.80. The van der Waals surface area contributed by atoms with Crippen LogP contribution in [0.25, 0.3) is 11.3 Å². The van der Waals surface area contributed by atoms with Crippen molar-refractivity contribution in [3.63, 3.8) is 0 Å². The summed E-state index contributed by atoms with van der Waals surface area (Å²) in [7, 11) is -2.27. The van der Waals surface area contributed by atoms with Gasteiger partial charge >= 0.3 is 0 Å². The van der Waals surface area contributed by atoms with Crippen molar-refractivity contribution in [3.8, 4) is 17.0 Å². The minimum atomic E-state index is -3.83. The highest BCUT2D eigenvalue weighted by molar-refractivity contribution is 7.91. The highest BCUT2D eigenvalue weighted by atomic mass is 35.5. The zero-order chi connectivity index (χ0) is 13.3. The summed E-state index contributed by atoms with van der Waals surface area (Å²) in [5, 5.41) is 5.00. The molecular weight excluding hydrogens is 296 g/mol. The highest BCUT2D eigenvalue weighted by Crippen LogP contribution is 2.34. The van der Waals surface area contributed by atoms with Crippen molar-refractivity contribution in [2.24, 2.45) is 5.14 Å². The molecule has 0 amide bonds. The molecule has 0 unspecified atom stereocenters. The van der Waals surface area contributed by atoms with Crippen LogP contribution in [0.15, 0.2) is 28.6 Å². The zero-order valence-electron chi connectivity index (χ0n) is 9.25. The molecule has 0 bridgehead atoms. The van der Waals surface area contributed by atoms with Crippen LogP contribution >= 0.6 is 22.9 Å². The first-order valence-corrected chi connectivity index (χ1v) is 7.49. The van der Waals surface area contributed by atoms with Crippen LogP contribution in [-0.2, 0) is 10.0 Å². The molecule has 0 aliphatic heterocycles. The number of sulfonamides is 1. The quantitative estimate of drug-likeness (QED) is 0.941. The van der Waals surface area contributed by atoms with Crippen molar-refractivity contribution in [2.45, 2.75) is 4.34 Å². The van der Waals surface area contributed by atoms with Gasteiger partial charge in [0.2, 0.25) is 4.34 Å². The molecule has 1 aromatic carbocycles. The maximum Gasteiger partial charge on any atom is 0.265 e. The summed E-state index contributed by atoms with van der Waals surface area (Å²) in [6, 6.07) is 6.96. The van der Waals surface area contributed by atoms with E-state index in [1.165, 1.54) is 0 Å². The maximum absolute atomic E-state index is 11.2. The van der Waals surface area contributed by atoms with Crippen LogP contribution in [0, 0.1) is 0 Å². The average molecular weight is 305 g/mol. The van der Waals surface area contributed by atoms with Crippen molar-refractivity contribution in [3.05, 3.63) is 28.6 Å². The molecule has 0 radical (unpaired) electrons. The minimum absolute atomic E-state index is 0.196. The van der Waals surface area contributed by atoms with E-state index in [0.29, 0.717) is 17.0 Å². The van der Waals surface area contributed by atoms with Gasteiger partial charge in [0.1, 0.15) is 15.8 Å². The summed E-state index contributed by atoms with van der Waals surface area (Å²) < 4.78 is 27.5. The molecular formula is C10H9ClN2O3S2. The van der Waals surface area contributed by atoms with Crippen molar-refractivity contribution in [2.75, 3.05) is 7.11 Å². The van der Waals surface area contributed by atoms with Crippen LogP contribution in [0.2, 0.25) is 4.34 Å². The third-order valence-corrected chi connectivity index (χ3v) is 4.75. The SMILES string of the molecule is COc1ccc(-c2nc(S(N)(=O)=O)sc2Cl)cc1. The Morgan fingerprint density at radius 1 is 1.33 bits per heavy atom. The molecule has 1 heterocycles. The molecule has 0 atom stereocenters. The number of ether oxygens (including phenoxy) is 1. The number of nitrogens with zero attached hydrogens (tertiary/aromatic N) is 1. The van der Waals surface area contributed by atoms with E-state index < -0.39 is 10.0 Å². The van der Waals surface area contributed by atoms with Gasteiger partial charge in [0.25, 0.3) is 10.0 Å². The first-order chi connectivity index (χ1) is 8.41. The molecule has 8 heteroatoms. The van der Waals surface area contributed by atoms with Crippen molar-refractivity contribution in [1.29, 1.82) is 0 Å².